The molecule has 106 valence electrons. The molecule has 1 aromatic rings. The summed E-state index contributed by atoms with van der Waals surface area (Å²) < 4.78 is 0. The normalized spacial score (nSPS) is 13.1. The van der Waals surface area contributed by atoms with Crippen LogP contribution in [0.5, 0.6) is 0 Å². The standard InChI is InChI=1S/C13H19ClN2O3/c1-13(2,3)5-8(12(18)19)6-16-11(17)10-4-9(14)7-15-10/h4,7-8,15H,5-6H2,1-3H3,(H,16,17)(H,18,19). The molecule has 1 atom stereocenters. The molecule has 1 unspecified atom stereocenters. The molecule has 0 saturated heterocycles. The van der Waals surface area contributed by atoms with Crippen molar-refractivity contribution < 1.29 is 14.7 Å². The Morgan fingerprint density at radius 1 is 1.47 bits per heavy atom. The average Bonchev–Trinajstić information content (AvgIpc) is 2.68. The molecule has 1 heterocycles. The summed E-state index contributed by atoms with van der Waals surface area (Å²) in [6.45, 7) is 6.00. The molecule has 1 rings (SSSR count). The Balaban J connectivity index is 2.57. The summed E-state index contributed by atoms with van der Waals surface area (Å²) in [5.41, 5.74) is 0.216. The molecule has 1 aromatic heterocycles. The number of aromatic amines is 1. The molecule has 0 aromatic carbocycles. The summed E-state index contributed by atoms with van der Waals surface area (Å²) in [6.07, 6.45) is 1.99. The minimum atomic E-state index is -0.903. The monoisotopic (exact) mass is 286 g/mol. The number of H-pyrrole nitrogens is 1. The average molecular weight is 287 g/mol. The number of carbonyl (C=O) groups is 2. The van der Waals surface area contributed by atoms with Crippen molar-refractivity contribution in [3.05, 3.63) is 23.0 Å². The number of rotatable bonds is 5. The van der Waals surface area contributed by atoms with Gasteiger partial charge in [0.25, 0.3) is 5.91 Å². The maximum absolute atomic E-state index is 11.8. The van der Waals surface area contributed by atoms with E-state index in [2.05, 4.69) is 10.3 Å². The molecular weight excluding hydrogens is 268 g/mol. The number of aliphatic carboxylic acids is 1. The number of carbonyl (C=O) groups excluding carboxylic acids is 1. The fourth-order valence-electron chi connectivity index (χ4n) is 1.80. The van der Waals surface area contributed by atoms with Crippen LogP contribution in [0.1, 0.15) is 37.7 Å². The van der Waals surface area contributed by atoms with Crippen LogP contribution in [0.25, 0.3) is 0 Å². The molecule has 3 N–H and O–H groups in total. The Hall–Kier alpha value is -1.49. The Morgan fingerprint density at radius 2 is 2.11 bits per heavy atom. The maximum atomic E-state index is 11.8. The van der Waals surface area contributed by atoms with Crippen LogP contribution < -0.4 is 5.32 Å². The van der Waals surface area contributed by atoms with Gasteiger partial charge in [-0.05, 0) is 17.9 Å². The number of carboxylic acids is 1. The van der Waals surface area contributed by atoms with Crippen LogP contribution in [0.4, 0.5) is 0 Å². The van der Waals surface area contributed by atoms with E-state index in [9.17, 15) is 9.59 Å². The Kier molecular flexibility index (Phi) is 5.00. The smallest absolute Gasteiger partial charge is 0.308 e. The number of amides is 1. The van der Waals surface area contributed by atoms with E-state index in [0.717, 1.165) is 0 Å². The van der Waals surface area contributed by atoms with Crippen molar-refractivity contribution in [1.82, 2.24) is 10.3 Å². The predicted molar refractivity (Wildman–Crippen MR) is 73.3 cm³/mol. The van der Waals surface area contributed by atoms with Crippen LogP contribution in [0.3, 0.4) is 0 Å². The second-order valence-corrected chi connectivity index (χ2v) is 6.18. The molecule has 19 heavy (non-hydrogen) atoms. The van der Waals surface area contributed by atoms with Crippen molar-refractivity contribution in [2.24, 2.45) is 11.3 Å². The molecule has 0 fully saturated rings. The molecular formula is C13H19ClN2O3. The first kappa shape index (κ1) is 15.6. The van der Waals surface area contributed by atoms with Gasteiger partial charge in [-0.2, -0.15) is 0 Å². The third-order valence-electron chi connectivity index (χ3n) is 2.61. The van der Waals surface area contributed by atoms with Gasteiger partial charge in [0.15, 0.2) is 0 Å². The van der Waals surface area contributed by atoms with Gasteiger partial charge in [-0.1, -0.05) is 32.4 Å². The molecule has 6 heteroatoms. The fourth-order valence-corrected chi connectivity index (χ4v) is 1.96. The summed E-state index contributed by atoms with van der Waals surface area (Å²) >= 11 is 5.70. The van der Waals surface area contributed by atoms with Crippen LogP contribution >= 0.6 is 11.6 Å². The number of carboxylic acid groups (broad SMARTS) is 1. The van der Waals surface area contributed by atoms with Gasteiger partial charge >= 0.3 is 5.97 Å². The van der Waals surface area contributed by atoms with Crippen LogP contribution in [-0.2, 0) is 4.79 Å². The third kappa shape index (κ3) is 5.34. The first-order valence-electron chi connectivity index (χ1n) is 6.04. The van der Waals surface area contributed by atoms with E-state index >= 15 is 0 Å². The molecule has 0 bridgehead atoms. The predicted octanol–water partition coefficient (Wildman–Crippen LogP) is 2.53. The van der Waals surface area contributed by atoms with E-state index in [4.69, 9.17) is 16.7 Å². The molecule has 0 aliphatic heterocycles. The van der Waals surface area contributed by atoms with E-state index in [1.54, 1.807) is 0 Å². The second-order valence-electron chi connectivity index (χ2n) is 5.74. The topological polar surface area (TPSA) is 82.2 Å². The van der Waals surface area contributed by atoms with Crippen LogP contribution in [0.15, 0.2) is 12.3 Å². The zero-order chi connectivity index (χ0) is 14.6. The van der Waals surface area contributed by atoms with E-state index in [1.807, 2.05) is 20.8 Å². The van der Waals surface area contributed by atoms with E-state index in [0.29, 0.717) is 17.1 Å². The number of halogens is 1. The Morgan fingerprint density at radius 3 is 2.53 bits per heavy atom. The van der Waals surface area contributed by atoms with E-state index < -0.39 is 11.9 Å². The van der Waals surface area contributed by atoms with Crippen molar-refractivity contribution in [2.45, 2.75) is 27.2 Å². The number of hydrogen-bond acceptors (Lipinski definition) is 2. The van der Waals surface area contributed by atoms with E-state index in [-0.39, 0.29) is 17.9 Å². The van der Waals surface area contributed by atoms with Crippen LogP contribution in [0, 0.1) is 11.3 Å². The van der Waals surface area contributed by atoms with Crippen molar-refractivity contribution in [3.63, 3.8) is 0 Å². The number of hydrogen-bond donors (Lipinski definition) is 3. The molecule has 1 amide bonds. The first-order chi connectivity index (χ1) is 8.69. The minimum Gasteiger partial charge on any atom is -0.481 e. The summed E-state index contributed by atoms with van der Waals surface area (Å²) in [6, 6.07) is 1.50. The lowest BCUT2D eigenvalue weighted by molar-refractivity contribution is -0.142. The Bertz CT molecular complexity index is 463. The third-order valence-corrected chi connectivity index (χ3v) is 2.83. The van der Waals surface area contributed by atoms with Crippen molar-refractivity contribution >= 4 is 23.5 Å². The number of nitrogens with one attached hydrogen (secondary N) is 2. The van der Waals surface area contributed by atoms with Crippen molar-refractivity contribution in [2.75, 3.05) is 6.54 Å². The van der Waals surface area contributed by atoms with Crippen LogP contribution in [0.2, 0.25) is 5.02 Å². The highest BCUT2D eigenvalue weighted by Crippen LogP contribution is 2.24. The SMILES string of the molecule is CC(C)(C)CC(CNC(=O)c1cc(Cl)c[nH]1)C(=O)O. The Labute approximate surface area is 117 Å². The lowest BCUT2D eigenvalue weighted by Crippen LogP contribution is -2.35. The largest absolute Gasteiger partial charge is 0.481 e. The highest BCUT2D eigenvalue weighted by atomic mass is 35.5. The minimum absolute atomic E-state index is 0.0993. The molecule has 0 aliphatic carbocycles. The zero-order valence-corrected chi connectivity index (χ0v) is 12.0. The van der Waals surface area contributed by atoms with Gasteiger partial charge in [0.05, 0.1) is 10.9 Å². The van der Waals surface area contributed by atoms with Gasteiger partial charge in [0.1, 0.15) is 5.69 Å². The van der Waals surface area contributed by atoms with Crippen LogP contribution in [-0.4, -0.2) is 28.5 Å². The summed E-state index contributed by atoms with van der Waals surface area (Å²) in [5.74, 6) is -1.86. The summed E-state index contributed by atoms with van der Waals surface area (Å²) in [7, 11) is 0. The molecule has 0 aliphatic rings. The van der Waals surface area contributed by atoms with Crippen molar-refractivity contribution in [3.8, 4) is 0 Å². The number of aromatic nitrogens is 1. The molecule has 0 radical (unpaired) electrons. The second kappa shape index (κ2) is 6.10. The highest BCUT2D eigenvalue weighted by molar-refractivity contribution is 6.30. The summed E-state index contributed by atoms with van der Waals surface area (Å²) in [5, 5.41) is 12.2. The quantitative estimate of drug-likeness (QED) is 0.778. The van der Waals surface area contributed by atoms with Gasteiger partial charge < -0.3 is 15.4 Å². The van der Waals surface area contributed by atoms with Gasteiger partial charge in [-0.3, -0.25) is 9.59 Å². The molecule has 0 spiro atoms. The maximum Gasteiger partial charge on any atom is 0.308 e. The van der Waals surface area contributed by atoms with Crippen molar-refractivity contribution in [1.29, 1.82) is 0 Å². The molecule has 5 nitrogen and oxygen atoms in total. The zero-order valence-electron chi connectivity index (χ0n) is 11.3. The summed E-state index contributed by atoms with van der Waals surface area (Å²) in [4.78, 5) is 25.6. The first-order valence-corrected chi connectivity index (χ1v) is 6.42. The van der Waals surface area contributed by atoms with Gasteiger partial charge in [-0.25, -0.2) is 0 Å². The highest BCUT2D eigenvalue weighted by Gasteiger charge is 2.25. The lowest BCUT2D eigenvalue weighted by atomic mass is 9.84. The lowest BCUT2D eigenvalue weighted by Gasteiger charge is -2.23. The molecule has 0 saturated carbocycles. The van der Waals surface area contributed by atoms with Gasteiger partial charge in [-0.15, -0.1) is 0 Å². The van der Waals surface area contributed by atoms with E-state index in [1.165, 1.54) is 12.3 Å². The van der Waals surface area contributed by atoms with Gasteiger partial charge in [0.2, 0.25) is 0 Å². The fraction of sp³-hybridized carbons (Fsp3) is 0.538. The van der Waals surface area contributed by atoms with Gasteiger partial charge in [0, 0.05) is 12.7 Å².